The van der Waals surface area contributed by atoms with Gasteiger partial charge < -0.3 is 15.0 Å². The first-order chi connectivity index (χ1) is 18.7. The van der Waals surface area contributed by atoms with Crippen molar-refractivity contribution in [3.8, 4) is 5.75 Å². The van der Waals surface area contributed by atoms with Crippen molar-refractivity contribution in [2.75, 3.05) is 36.9 Å². The molecule has 1 spiro atoms. The van der Waals surface area contributed by atoms with Crippen LogP contribution >= 0.6 is 11.6 Å². The molecule has 3 atom stereocenters. The standard InChI is InChI=1S/C29H34ClN3O5S/c30-23-8-9-24-19(13-23)3-1-11-29(24)17-33-16-22-6-5-21(22)15-31-27(34)4-2-12-39(36,37)32-28(35)20-7-10-26(38-18-29)25(33)14-20/h7-10,13-14,21-22H,1-6,11-12,15-18H2,(H,31,34)(H,32,35)/t21?,22?,29-/m0/s1. The smallest absolute Gasteiger partial charge is 0.264 e. The van der Waals surface area contributed by atoms with E-state index >= 15 is 0 Å². The van der Waals surface area contributed by atoms with E-state index in [1.165, 1.54) is 11.1 Å². The topological polar surface area (TPSA) is 105 Å². The third-order valence-corrected chi connectivity index (χ3v) is 10.5. The number of amides is 2. The maximum absolute atomic E-state index is 13.0. The zero-order chi connectivity index (χ0) is 27.2. The van der Waals surface area contributed by atoms with Crippen LogP contribution in [0.3, 0.4) is 0 Å². The van der Waals surface area contributed by atoms with Crippen molar-refractivity contribution in [1.29, 1.82) is 0 Å². The minimum absolute atomic E-state index is 0.112. The molecular formula is C29H34ClN3O5S. The lowest BCUT2D eigenvalue weighted by molar-refractivity contribution is -0.121. The molecule has 1 fully saturated rings. The SMILES string of the molecule is O=C1CCCS(=O)(=O)NC(=O)c2ccc3c(c2)N(CC2CCC2CN1)C[C@@]1(CCCc2cc(Cl)ccc21)CO3. The van der Waals surface area contributed by atoms with Crippen molar-refractivity contribution in [1.82, 2.24) is 10.0 Å². The minimum atomic E-state index is -3.88. The Bertz CT molecular complexity index is 1410. The van der Waals surface area contributed by atoms with Gasteiger partial charge in [-0.15, -0.1) is 0 Å². The second-order valence-corrected chi connectivity index (χ2v) is 13.8. The molecule has 0 radical (unpaired) electrons. The molecule has 2 aliphatic carbocycles. The van der Waals surface area contributed by atoms with Crippen LogP contribution in [0.1, 0.15) is 60.0 Å². The lowest BCUT2D eigenvalue weighted by atomic mass is 9.69. The molecular weight excluding hydrogens is 538 g/mol. The van der Waals surface area contributed by atoms with Crippen molar-refractivity contribution in [3.05, 3.63) is 58.1 Å². The summed E-state index contributed by atoms with van der Waals surface area (Å²) in [5, 5.41) is 3.74. The van der Waals surface area contributed by atoms with E-state index in [-0.39, 0.29) is 35.5 Å². The van der Waals surface area contributed by atoms with Gasteiger partial charge in [-0.1, -0.05) is 17.7 Å². The molecule has 2 N–H and O–H groups in total. The highest BCUT2D eigenvalue weighted by atomic mass is 35.5. The van der Waals surface area contributed by atoms with Gasteiger partial charge in [0.2, 0.25) is 15.9 Å². The number of nitrogens with zero attached hydrogens (tertiary/aromatic N) is 1. The fourth-order valence-electron chi connectivity index (χ4n) is 6.69. The summed E-state index contributed by atoms with van der Waals surface area (Å²) in [6.45, 7) is 2.59. The summed E-state index contributed by atoms with van der Waals surface area (Å²) in [7, 11) is -3.88. The summed E-state index contributed by atoms with van der Waals surface area (Å²) in [6.07, 6.45) is 5.38. The van der Waals surface area contributed by atoms with E-state index in [1.54, 1.807) is 18.2 Å². The lowest BCUT2D eigenvalue weighted by Gasteiger charge is -2.44. The second kappa shape index (κ2) is 10.3. The number of anilines is 1. The summed E-state index contributed by atoms with van der Waals surface area (Å²) in [5.41, 5.74) is 3.36. The molecule has 8 nitrogen and oxygen atoms in total. The predicted molar refractivity (Wildman–Crippen MR) is 150 cm³/mol. The normalized spacial score (nSPS) is 28.6. The van der Waals surface area contributed by atoms with Crippen LogP contribution in [0.2, 0.25) is 5.02 Å². The van der Waals surface area contributed by atoms with Crippen LogP contribution in [0.5, 0.6) is 5.75 Å². The van der Waals surface area contributed by atoms with E-state index in [4.69, 9.17) is 16.3 Å². The summed E-state index contributed by atoms with van der Waals surface area (Å²) < 4.78 is 33.8. The Kier molecular flexibility index (Phi) is 7.00. The minimum Gasteiger partial charge on any atom is -0.490 e. The fraction of sp³-hybridized carbons (Fsp3) is 0.517. The number of carbonyl (C=O) groups excluding carboxylic acids is 2. The van der Waals surface area contributed by atoms with Crippen LogP contribution in [0.25, 0.3) is 0 Å². The zero-order valence-electron chi connectivity index (χ0n) is 21.9. The average molecular weight is 572 g/mol. The second-order valence-electron chi connectivity index (χ2n) is 11.5. The Hall–Kier alpha value is -2.78. The molecule has 10 heteroatoms. The average Bonchev–Trinajstić information content (AvgIpc) is 3.03. The van der Waals surface area contributed by atoms with Crippen molar-refractivity contribution in [2.24, 2.45) is 11.8 Å². The van der Waals surface area contributed by atoms with E-state index in [0.717, 1.165) is 49.4 Å². The molecule has 1 saturated carbocycles. The van der Waals surface area contributed by atoms with Gasteiger partial charge in [0.1, 0.15) is 5.75 Å². The van der Waals surface area contributed by atoms with Crippen LogP contribution in [0.15, 0.2) is 36.4 Å². The number of nitrogens with one attached hydrogen (secondary N) is 2. The Morgan fingerprint density at radius 2 is 1.87 bits per heavy atom. The number of ether oxygens (including phenoxy) is 1. The molecule has 0 saturated heterocycles. The summed E-state index contributed by atoms with van der Waals surface area (Å²) in [6, 6.07) is 11.3. The van der Waals surface area contributed by atoms with Gasteiger partial charge in [-0.05, 0) is 91.8 Å². The molecule has 4 aliphatic rings. The molecule has 2 aromatic rings. The summed E-state index contributed by atoms with van der Waals surface area (Å²) in [5.74, 6) is 0.335. The first-order valence-corrected chi connectivity index (χ1v) is 15.9. The number of benzene rings is 2. The Labute approximate surface area is 234 Å². The molecule has 2 bridgehead atoms. The molecule has 2 aliphatic heterocycles. The third-order valence-electron chi connectivity index (χ3n) is 8.96. The highest BCUT2D eigenvalue weighted by molar-refractivity contribution is 7.90. The highest BCUT2D eigenvalue weighted by Crippen LogP contribution is 2.46. The highest BCUT2D eigenvalue weighted by Gasteiger charge is 2.43. The Morgan fingerprint density at radius 1 is 1.03 bits per heavy atom. The van der Waals surface area contributed by atoms with E-state index in [1.807, 2.05) is 6.07 Å². The summed E-state index contributed by atoms with van der Waals surface area (Å²) >= 11 is 6.36. The number of halogens is 1. The monoisotopic (exact) mass is 571 g/mol. The number of fused-ring (bicyclic) bond motifs is 4. The zero-order valence-corrected chi connectivity index (χ0v) is 23.5. The maximum atomic E-state index is 13.0. The molecule has 208 valence electrons. The molecule has 2 aromatic carbocycles. The van der Waals surface area contributed by atoms with Crippen molar-refractivity contribution in [3.63, 3.8) is 0 Å². The molecule has 2 unspecified atom stereocenters. The number of sulfonamides is 1. The maximum Gasteiger partial charge on any atom is 0.264 e. The van der Waals surface area contributed by atoms with Crippen LogP contribution in [0.4, 0.5) is 5.69 Å². The molecule has 2 amide bonds. The quantitative estimate of drug-likeness (QED) is 0.498. The fourth-order valence-corrected chi connectivity index (χ4v) is 7.91. The van der Waals surface area contributed by atoms with Gasteiger partial charge in [0.15, 0.2) is 0 Å². The summed E-state index contributed by atoms with van der Waals surface area (Å²) in [4.78, 5) is 27.8. The predicted octanol–water partition coefficient (Wildman–Crippen LogP) is 3.81. The van der Waals surface area contributed by atoms with E-state index in [2.05, 4.69) is 27.1 Å². The molecule has 2 heterocycles. The molecule has 0 aromatic heterocycles. The van der Waals surface area contributed by atoms with E-state index in [9.17, 15) is 18.0 Å². The van der Waals surface area contributed by atoms with Crippen LogP contribution in [-0.2, 0) is 26.7 Å². The molecule has 39 heavy (non-hydrogen) atoms. The van der Waals surface area contributed by atoms with Gasteiger partial charge >= 0.3 is 0 Å². The number of hydrogen-bond donors (Lipinski definition) is 2. The number of carbonyl (C=O) groups is 2. The van der Waals surface area contributed by atoms with Crippen LogP contribution in [0, 0.1) is 11.8 Å². The van der Waals surface area contributed by atoms with E-state index in [0.29, 0.717) is 37.3 Å². The van der Waals surface area contributed by atoms with Gasteiger partial charge in [0, 0.05) is 42.1 Å². The van der Waals surface area contributed by atoms with Gasteiger partial charge in [-0.3, -0.25) is 9.59 Å². The van der Waals surface area contributed by atoms with Crippen molar-refractivity contribution >= 4 is 39.1 Å². The first kappa shape index (κ1) is 26.4. The third kappa shape index (κ3) is 5.35. The van der Waals surface area contributed by atoms with Gasteiger partial charge in [-0.2, -0.15) is 0 Å². The van der Waals surface area contributed by atoms with Crippen LogP contribution < -0.4 is 19.7 Å². The first-order valence-electron chi connectivity index (χ1n) is 13.8. The van der Waals surface area contributed by atoms with Crippen molar-refractivity contribution in [2.45, 2.75) is 50.4 Å². The Morgan fingerprint density at radius 3 is 2.69 bits per heavy atom. The van der Waals surface area contributed by atoms with Crippen molar-refractivity contribution < 1.29 is 22.7 Å². The number of aryl methyl sites for hydroxylation is 1. The number of rotatable bonds is 0. The van der Waals surface area contributed by atoms with E-state index < -0.39 is 15.9 Å². The largest absolute Gasteiger partial charge is 0.490 e. The lowest BCUT2D eigenvalue weighted by Crippen LogP contribution is -2.49. The van der Waals surface area contributed by atoms with Gasteiger partial charge in [0.25, 0.3) is 5.91 Å². The number of hydrogen-bond acceptors (Lipinski definition) is 6. The van der Waals surface area contributed by atoms with Crippen LogP contribution in [-0.4, -0.2) is 52.2 Å². The molecule has 6 rings (SSSR count). The Balaban J connectivity index is 1.40. The van der Waals surface area contributed by atoms with Gasteiger partial charge in [0.05, 0.1) is 18.0 Å². The van der Waals surface area contributed by atoms with Gasteiger partial charge in [-0.25, -0.2) is 13.1 Å².